The van der Waals surface area contributed by atoms with Crippen LogP contribution >= 0.6 is 0 Å². The van der Waals surface area contributed by atoms with Gasteiger partial charge in [0.25, 0.3) is 6.01 Å². The van der Waals surface area contributed by atoms with Crippen LogP contribution in [0.4, 0.5) is 6.01 Å². The Balaban J connectivity index is 2.28. The summed E-state index contributed by atoms with van der Waals surface area (Å²) in [5.74, 6) is 0. The molecule has 1 aromatic heterocycles. The molecule has 1 N–H and O–H groups in total. The first-order chi connectivity index (χ1) is 8.22. The number of hydrogen-bond donors (Lipinski definition) is 1. The van der Waals surface area contributed by atoms with Gasteiger partial charge in [-0.1, -0.05) is 12.1 Å². The molecule has 0 saturated heterocycles. The van der Waals surface area contributed by atoms with E-state index >= 15 is 0 Å². The minimum absolute atomic E-state index is 0.184. The normalized spacial score (nSPS) is 11.3. The zero-order valence-electron chi connectivity index (χ0n) is 10.3. The van der Waals surface area contributed by atoms with Crippen LogP contribution in [0.1, 0.15) is 20.3 Å². The second-order valence-corrected chi connectivity index (χ2v) is 4.33. The molecule has 0 fully saturated rings. The van der Waals surface area contributed by atoms with E-state index in [-0.39, 0.29) is 6.61 Å². The van der Waals surface area contributed by atoms with Gasteiger partial charge in [-0.05, 0) is 32.4 Å². The Bertz CT molecular complexity index is 446. The molecule has 0 saturated carbocycles. The van der Waals surface area contributed by atoms with Crippen molar-refractivity contribution in [1.29, 1.82) is 0 Å². The summed E-state index contributed by atoms with van der Waals surface area (Å²) in [7, 11) is 0. The van der Waals surface area contributed by atoms with Gasteiger partial charge in [-0.25, -0.2) is 0 Å². The average Bonchev–Trinajstić information content (AvgIpc) is 2.72. The molecular formula is C13H18N2O2. The van der Waals surface area contributed by atoms with E-state index in [9.17, 15) is 0 Å². The highest BCUT2D eigenvalue weighted by molar-refractivity contribution is 5.74. The molecule has 0 spiro atoms. The number of oxazole rings is 1. The van der Waals surface area contributed by atoms with Gasteiger partial charge < -0.3 is 14.4 Å². The largest absolute Gasteiger partial charge is 0.423 e. The molecule has 0 bridgehead atoms. The minimum Gasteiger partial charge on any atom is -0.423 e. The highest BCUT2D eigenvalue weighted by Crippen LogP contribution is 2.23. The van der Waals surface area contributed by atoms with Crippen LogP contribution in [0, 0.1) is 0 Å². The predicted molar refractivity (Wildman–Crippen MR) is 68.2 cm³/mol. The number of rotatable bonds is 5. The van der Waals surface area contributed by atoms with Gasteiger partial charge in [0, 0.05) is 19.2 Å². The Hall–Kier alpha value is -1.55. The number of aromatic nitrogens is 1. The number of aliphatic hydroxyl groups is 1. The molecule has 0 aliphatic rings. The first-order valence-corrected chi connectivity index (χ1v) is 5.95. The van der Waals surface area contributed by atoms with E-state index in [4.69, 9.17) is 9.52 Å². The summed E-state index contributed by atoms with van der Waals surface area (Å²) in [6, 6.07) is 8.67. The SMILES string of the molecule is CC(C)N(CCCO)c1nc2ccccc2o1. The van der Waals surface area contributed by atoms with Crippen LogP contribution in [0.15, 0.2) is 28.7 Å². The van der Waals surface area contributed by atoms with E-state index in [1.807, 2.05) is 24.3 Å². The number of benzene rings is 1. The fraction of sp³-hybridized carbons (Fsp3) is 0.462. The second kappa shape index (κ2) is 5.19. The fourth-order valence-electron chi connectivity index (χ4n) is 1.80. The maximum Gasteiger partial charge on any atom is 0.298 e. The Morgan fingerprint density at radius 3 is 2.76 bits per heavy atom. The highest BCUT2D eigenvalue weighted by Gasteiger charge is 2.16. The third kappa shape index (κ3) is 2.58. The lowest BCUT2D eigenvalue weighted by atomic mass is 10.3. The quantitative estimate of drug-likeness (QED) is 0.863. The summed E-state index contributed by atoms with van der Waals surface area (Å²) in [6.07, 6.45) is 0.719. The van der Waals surface area contributed by atoms with Crippen LogP contribution in [-0.4, -0.2) is 29.3 Å². The molecule has 4 nitrogen and oxygen atoms in total. The van der Waals surface area contributed by atoms with Crippen molar-refractivity contribution in [3.8, 4) is 0 Å². The Labute approximate surface area is 101 Å². The number of para-hydroxylation sites is 2. The van der Waals surface area contributed by atoms with E-state index in [1.165, 1.54) is 0 Å². The molecule has 2 rings (SSSR count). The van der Waals surface area contributed by atoms with Gasteiger partial charge in [-0.2, -0.15) is 4.98 Å². The number of anilines is 1. The molecule has 4 heteroatoms. The monoisotopic (exact) mass is 234 g/mol. The van der Waals surface area contributed by atoms with Crippen LogP contribution in [0.2, 0.25) is 0 Å². The molecule has 0 radical (unpaired) electrons. The maximum absolute atomic E-state index is 8.91. The van der Waals surface area contributed by atoms with Crippen molar-refractivity contribution < 1.29 is 9.52 Å². The van der Waals surface area contributed by atoms with Crippen LogP contribution < -0.4 is 4.90 Å². The van der Waals surface area contributed by atoms with Crippen molar-refractivity contribution >= 4 is 17.1 Å². The smallest absolute Gasteiger partial charge is 0.298 e. The molecule has 0 unspecified atom stereocenters. The number of hydrogen-bond acceptors (Lipinski definition) is 4. The zero-order valence-corrected chi connectivity index (χ0v) is 10.3. The molecular weight excluding hydrogens is 216 g/mol. The number of aliphatic hydroxyl groups excluding tert-OH is 1. The van der Waals surface area contributed by atoms with Gasteiger partial charge in [0.15, 0.2) is 5.58 Å². The third-order valence-corrected chi connectivity index (χ3v) is 2.71. The molecule has 2 aromatic rings. The first kappa shape index (κ1) is 11.9. The number of fused-ring (bicyclic) bond motifs is 1. The molecule has 1 aromatic carbocycles. The van der Waals surface area contributed by atoms with Gasteiger partial charge in [0.1, 0.15) is 5.52 Å². The fourth-order valence-corrected chi connectivity index (χ4v) is 1.80. The lowest BCUT2D eigenvalue weighted by molar-refractivity contribution is 0.287. The van der Waals surface area contributed by atoms with E-state index in [2.05, 4.69) is 23.7 Å². The van der Waals surface area contributed by atoms with E-state index in [0.29, 0.717) is 12.1 Å². The van der Waals surface area contributed by atoms with Crippen molar-refractivity contribution in [2.75, 3.05) is 18.1 Å². The van der Waals surface area contributed by atoms with Crippen LogP contribution in [0.3, 0.4) is 0 Å². The molecule has 0 aliphatic carbocycles. The highest BCUT2D eigenvalue weighted by atomic mass is 16.4. The Kier molecular flexibility index (Phi) is 3.64. The average molecular weight is 234 g/mol. The minimum atomic E-state index is 0.184. The van der Waals surface area contributed by atoms with Crippen molar-refractivity contribution in [3.63, 3.8) is 0 Å². The molecule has 0 atom stereocenters. The first-order valence-electron chi connectivity index (χ1n) is 5.95. The van der Waals surface area contributed by atoms with Gasteiger partial charge in [0.2, 0.25) is 0 Å². The van der Waals surface area contributed by atoms with E-state index < -0.39 is 0 Å². The van der Waals surface area contributed by atoms with Gasteiger partial charge in [-0.15, -0.1) is 0 Å². The van der Waals surface area contributed by atoms with Crippen LogP contribution in [-0.2, 0) is 0 Å². The Morgan fingerprint density at radius 2 is 2.12 bits per heavy atom. The van der Waals surface area contributed by atoms with Crippen molar-refractivity contribution in [1.82, 2.24) is 4.98 Å². The summed E-state index contributed by atoms with van der Waals surface area (Å²) < 4.78 is 5.72. The number of nitrogens with zero attached hydrogens (tertiary/aromatic N) is 2. The molecule has 0 amide bonds. The second-order valence-electron chi connectivity index (χ2n) is 4.33. The van der Waals surface area contributed by atoms with Crippen molar-refractivity contribution in [2.24, 2.45) is 0 Å². The topological polar surface area (TPSA) is 49.5 Å². The zero-order chi connectivity index (χ0) is 12.3. The predicted octanol–water partition coefficient (Wildman–Crippen LogP) is 2.43. The third-order valence-electron chi connectivity index (χ3n) is 2.71. The van der Waals surface area contributed by atoms with Crippen LogP contribution in [0.5, 0.6) is 0 Å². The van der Waals surface area contributed by atoms with Crippen LogP contribution in [0.25, 0.3) is 11.1 Å². The molecule has 92 valence electrons. The molecule has 17 heavy (non-hydrogen) atoms. The Morgan fingerprint density at radius 1 is 1.35 bits per heavy atom. The summed E-state index contributed by atoms with van der Waals surface area (Å²) in [6.45, 7) is 5.11. The lowest BCUT2D eigenvalue weighted by Gasteiger charge is -2.24. The van der Waals surface area contributed by atoms with E-state index in [0.717, 1.165) is 24.1 Å². The summed E-state index contributed by atoms with van der Waals surface area (Å²) in [5, 5.41) is 8.91. The van der Waals surface area contributed by atoms with Gasteiger partial charge in [0.05, 0.1) is 0 Å². The van der Waals surface area contributed by atoms with Gasteiger partial charge in [-0.3, -0.25) is 0 Å². The maximum atomic E-state index is 8.91. The van der Waals surface area contributed by atoms with E-state index in [1.54, 1.807) is 0 Å². The lowest BCUT2D eigenvalue weighted by Crippen LogP contribution is -2.32. The molecule has 0 aliphatic heterocycles. The molecule has 1 heterocycles. The summed E-state index contributed by atoms with van der Waals surface area (Å²) >= 11 is 0. The summed E-state index contributed by atoms with van der Waals surface area (Å²) in [4.78, 5) is 6.53. The van der Waals surface area contributed by atoms with Gasteiger partial charge >= 0.3 is 0 Å². The summed E-state index contributed by atoms with van der Waals surface area (Å²) in [5.41, 5.74) is 1.68. The van der Waals surface area contributed by atoms with Crippen molar-refractivity contribution in [2.45, 2.75) is 26.3 Å². The standard InChI is InChI=1S/C13H18N2O2/c1-10(2)15(8-5-9-16)13-14-11-6-3-4-7-12(11)17-13/h3-4,6-7,10,16H,5,8-9H2,1-2H3. The van der Waals surface area contributed by atoms with Crippen molar-refractivity contribution in [3.05, 3.63) is 24.3 Å².